The zero-order valence-electron chi connectivity index (χ0n) is 8.14. The fourth-order valence-electron chi connectivity index (χ4n) is 1.12. The summed E-state index contributed by atoms with van der Waals surface area (Å²) in [5.74, 6) is 0.412. The highest BCUT2D eigenvalue weighted by Crippen LogP contribution is 2.21. The van der Waals surface area contributed by atoms with Crippen LogP contribution in [-0.4, -0.2) is 15.0 Å². The number of hydrogen-bond acceptors (Lipinski definition) is 4. The van der Waals surface area contributed by atoms with Gasteiger partial charge in [-0.25, -0.2) is 4.98 Å². The zero-order valence-corrected chi connectivity index (χ0v) is 8.95. The maximum absolute atomic E-state index is 4.52. The first kappa shape index (κ1) is 9.27. The zero-order chi connectivity index (χ0) is 9.97. The average molecular weight is 205 g/mol. The summed E-state index contributed by atoms with van der Waals surface area (Å²) < 4.78 is 0. The van der Waals surface area contributed by atoms with Crippen LogP contribution in [0.25, 0.3) is 10.6 Å². The summed E-state index contributed by atoms with van der Waals surface area (Å²) >= 11 is 1.58. The van der Waals surface area contributed by atoms with Crippen LogP contribution in [0.5, 0.6) is 0 Å². The lowest BCUT2D eigenvalue weighted by Gasteiger charge is -2.04. The van der Waals surface area contributed by atoms with Gasteiger partial charge in [0.1, 0.15) is 5.69 Å². The third-order valence-electron chi connectivity index (χ3n) is 1.93. The number of aromatic nitrogens is 3. The Hall–Kier alpha value is -1.29. The summed E-state index contributed by atoms with van der Waals surface area (Å²) in [4.78, 5) is 13.8. The predicted octanol–water partition coefficient (Wildman–Crippen LogP) is 2.72. The molecule has 0 atom stereocenters. The van der Waals surface area contributed by atoms with Crippen molar-refractivity contribution in [3.8, 4) is 10.6 Å². The number of thiazole rings is 1. The van der Waals surface area contributed by atoms with E-state index in [1.165, 1.54) is 0 Å². The van der Waals surface area contributed by atoms with Crippen LogP contribution in [0.4, 0.5) is 0 Å². The van der Waals surface area contributed by atoms with Crippen LogP contribution in [0.2, 0.25) is 0 Å². The second-order valence-electron chi connectivity index (χ2n) is 3.35. The van der Waals surface area contributed by atoms with Gasteiger partial charge in [0.05, 0.1) is 22.3 Å². The second-order valence-corrected chi connectivity index (χ2v) is 4.24. The topological polar surface area (TPSA) is 38.7 Å². The fourth-order valence-corrected chi connectivity index (χ4v) is 1.70. The quantitative estimate of drug-likeness (QED) is 0.756. The molecule has 0 radical (unpaired) electrons. The van der Waals surface area contributed by atoms with Gasteiger partial charge in [0.25, 0.3) is 0 Å². The van der Waals surface area contributed by atoms with E-state index in [4.69, 9.17) is 0 Å². The molecule has 0 amide bonds. The third kappa shape index (κ3) is 1.80. The largest absolute Gasteiger partial charge is 0.261 e. The second kappa shape index (κ2) is 3.84. The minimum atomic E-state index is 0.412. The van der Waals surface area contributed by atoms with Gasteiger partial charge in [0, 0.05) is 12.4 Å². The van der Waals surface area contributed by atoms with Crippen LogP contribution >= 0.6 is 11.3 Å². The average Bonchev–Trinajstić information content (AvgIpc) is 2.71. The standard InChI is InChI=1S/C10H11N3S/c1-7(2)8-3-11-4-9(13-8)10-5-12-6-14-10/h3-7H,1-2H3. The summed E-state index contributed by atoms with van der Waals surface area (Å²) in [5, 5.41) is 0. The van der Waals surface area contributed by atoms with E-state index in [0.717, 1.165) is 16.3 Å². The molecule has 0 aromatic carbocycles. The Morgan fingerprint density at radius 3 is 2.64 bits per heavy atom. The molecule has 0 N–H and O–H groups in total. The van der Waals surface area contributed by atoms with E-state index in [0.29, 0.717) is 5.92 Å². The van der Waals surface area contributed by atoms with Gasteiger partial charge >= 0.3 is 0 Å². The summed E-state index contributed by atoms with van der Waals surface area (Å²) in [7, 11) is 0. The summed E-state index contributed by atoms with van der Waals surface area (Å²) in [6, 6.07) is 0. The van der Waals surface area contributed by atoms with Crippen LogP contribution in [0, 0.1) is 0 Å². The van der Waals surface area contributed by atoms with E-state index in [-0.39, 0.29) is 0 Å². The molecule has 0 saturated heterocycles. The number of nitrogens with zero attached hydrogens (tertiary/aromatic N) is 3. The highest BCUT2D eigenvalue weighted by Gasteiger charge is 2.05. The first-order chi connectivity index (χ1) is 6.77. The molecular weight excluding hydrogens is 194 g/mol. The highest BCUT2D eigenvalue weighted by atomic mass is 32.1. The van der Waals surface area contributed by atoms with Gasteiger partial charge < -0.3 is 0 Å². The minimum Gasteiger partial charge on any atom is -0.261 e. The van der Waals surface area contributed by atoms with Crippen LogP contribution in [0.15, 0.2) is 24.1 Å². The van der Waals surface area contributed by atoms with E-state index in [2.05, 4.69) is 28.8 Å². The summed E-state index contributed by atoms with van der Waals surface area (Å²) in [6.07, 6.45) is 5.41. The van der Waals surface area contributed by atoms with Crippen molar-refractivity contribution in [3.63, 3.8) is 0 Å². The molecule has 0 fully saturated rings. The predicted molar refractivity (Wildman–Crippen MR) is 57.2 cm³/mol. The molecule has 4 heteroatoms. The molecule has 0 aliphatic carbocycles. The van der Waals surface area contributed by atoms with E-state index in [1.54, 1.807) is 23.0 Å². The maximum atomic E-state index is 4.52. The van der Waals surface area contributed by atoms with Crippen LogP contribution in [0.3, 0.4) is 0 Å². The van der Waals surface area contributed by atoms with E-state index in [1.807, 2.05) is 12.4 Å². The monoisotopic (exact) mass is 205 g/mol. The van der Waals surface area contributed by atoms with Crippen molar-refractivity contribution in [2.24, 2.45) is 0 Å². The Balaban J connectivity index is 2.41. The first-order valence-corrected chi connectivity index (χ1v) is 5.36. The van der Waals surface area contributed by atoms with Crippen molar-refractivity contribution in [3.05, 3.63) is 29.8 Å². The van der Waals surface area contributed by atoms with Gasteiger partial charge in [-0.1, -0.05) is 13.8 Å². The Morgan fingerprint density at radius 1 is 1.14 bits per heavy atom. The Morgan fingerprint density at radius 2 is 2.00 bits per heavy atom. The molecule has 72 valence electrons. The van der Waals surface area contributed by atoms with Crippen LogP contribution in [0.1, 0.15) is 25.5 Å². The molecule has 0 bridgehead atoms. The van der Waals surface area contributed by atoms with E-state index >= 15 is 0 Å². The molecule has 0 aliphatic heterocycles. The summed E-state index contributed by atoms with van der Waals surface area (Å²) in [6.45, 7) is 4.22. The summed E-state index contributed by atoms with van der Waals surface area (Å²) in [5.41, 5.74) is 3.74. The van der Waals surface area contributed by atoms with E-state index in [9.17, 15) is 0 Å². The van der Waals surface area contributed by atoms with E-state index < -0.39 is 0 Å². The Bertz CT molecular complexity index is 409. The highest BCUT2D eigenvalue weighted by molar-refractivity contribution is 7.13. The fraction of sp³-hybridized carbons (Fsp3) is 0.300. The smallest absolute Gasteiger partial charge is 0.100 e. The van der Waals surface area contributed by atoms with Gasteiger partial charge in [-0.3, -0.25) is 9.97 Å². The third-order valence-corrected chi connectivity index (χ3v) is 2.73. The van der Waals surface area contributed by atoms with Gasteiger partial charge in [-0.2, -0.15) is 0 Å². The number of rotatable bonds is 2. The molecular formula is C10H11N3S. The molecule has 14 heavy (non-hydrogen) atoms. The molecule has 2 rings (SSSR count). The lowest BCUT2D eigenvalue weighted by atomic mass is 10.1. The first-order valence-electron chi connectivity index (χ1n) is 4.48. The molecule has 2 heterocycles. The van der Waals surface area contributed by atoms with Crippen molar-refractivity contribution in [1.82, 2.24) is 15.0 Å². The molecule has 0 spiro atoms. The molecule has 2 aromatic rings. The van der Waals surface area contributed by atoms with Crippen LogP contribution in [-0.2, 0) is 0 Å². The van der Waals surface area contributed by atoms with Crippen molar-refractivity contribution in [1.29, 1.82) is 0 Å². The van der Waals surface area contributed by atoms with Crippen molar-refractivity contribution in [2.75, 3.05) is 0 Å². The van der Waals surface area contributed by atoms with Gasteiger partial charge in [-0.05, 0) is 5.92 Å². The Labute approximate surface area is 86.9 Å². The van der Waals surface area contributed by atoms with Crippen molar-refractivity contribution < 1.29 is 0 Å². The molecule has 0 saturated carbocycles. The van der Waals surface area contributed by atoms with Crippen molar-refractivity contribution in [2.45, 2.75) is 19.8 Å². The van der Waals surface area contributed by atoms with Gasteiger partial charge in [-0.15, -0.1) is 11.3 Å². The SMILES string of the molecule is CC(C)c1cncc(-c2cncs2)n1. The van der Waals surface area contributed by atoms with Crippen LogP contribution < -0.4 is 0 Å². The lowest BCUT2D eigenvalue weighted by Crippen LogP contribution is -1.94. The minimum absolute atomic E-state index is 0.412. The van der Waals surface area contributed by atoms with Gasteiger partial charge in [0.2, 0.25) is 0 Å². The maximum Gasteiger partial charge on any atom is 0.100 e. The van der Waals surface area contributed by atoms with Crippen molar-refractivity contribution >= 4 is 11.3 Å². The lowest BCUT2D eigenvalue weighted by molar-refractivity contribution is 0.814. The molecule has 0 aliphatic rings. The molecule has 3 nitrogen and oxygen atoms in total. The van der Waals surface area contributed by atoms with Gasteiger partial charge in [0.15, 0.2) is 0 Å². The Kier molecular flexibility index (Phi) is 2.54. The number of hydrogen-bond donors (Lipinski definition) is 0. The molecule has 2 aromatic heterocycles. The normalized spacial score (nSPS) is 10.8. The molecule has 0 unspecified atom stereocenters.